The number of piperidine rings is 1. The standard InChI is InChI=1S/C14H29N3O2S.ClH/c1-2-11-17(14-7-9-15-10-8-14)20(18,19)16-12-5-3-4-6-13-16;/h14-15H,2-13H2,1H3;1H. The molecule has 2 aliphatic rings. The second-order valence-electron chi connectivity index (χ2n) is 5.91. The molecular formula is C14H30ClN3O2S. The van der Waals surface area contributed by atoms with Crippen LogP contribution in [0.3, 0.4) is 0 Å². The predicted octanol–water partition coefficient (Wildman–Crippen LogP) is 1.99. The van der Waals surface area contributed by atoms with Crippen LogP contribution in [-0.2, 0) is 10.2 Å². The van der Waals surface area contributed by atoms with Crippen LogP contribution in [0.2, 0.25) is 0 Å². The maximum absolute atomic E-state index is 13.0. The molecule has 0 unspecified atom stereocenters. The number of hydrogen-bond acceptors (Lipinski definition) is 3. The smallest absolute Gasteiger partial charge is 0.282 e. The molecule has 2 aliphatic heterocycles. The quantitative estimate of drug-likeness (QED) is 0.833. The van der Waals surface area contributed by atoms with Gasteiger partial charge in [-0.25, -0.2) is 0 Å². The average Bonchev–Trinajstić information content (AvgIpc) is 2.75. The third-order valence-electron chi connectivity index (χ3n) is 4.35. The molecule has 0 bridgehead atoms. The molecule has 0 amide bonds. The van der Waals surface area contributed by atoms with E-state index < -0.39 is 10.2 Å². The van der Waals surface area contributed by atoms with Gasteiger partial charge in [-0.1, -0.05) is 19.8 Å². The summed E-state index contributed by atoms with van der Waals surface area (Å²) >= 11 is 0. The summed E-state index contributed by atoms with van der Waals surface area (Å²) in [4.78, 5) is 0. The molecule has 0 aliphatic carbocycles. The first kappa shape index (κ1) is 19.2. The minimum Gasteiger partial charge on any atom is -0.317 e. The minimum atomic E-state index is -3.27. The van der Waals surface area contributed by atoms with Crippen LogP contribution >= 0.6 is 12.4 Å². The van der Waals surface area contributed by atoms with Crippen molar-refractivity contribution in [1.82, 2.24) is 13.9 Å². The molecule has 2 fully saturated rings. The summed E-state index contributed by atoms with van der Waals surface area (Å²) in [6, 6.07) is 0.185. The van der Waals surface area contributed by atoms with Crippen molar-refractivity contribution < 1.29 is 8.42 Å². The van der Waals surface area contributed by atoms with Gasteiger partial charge >= 0.3 is 0 Å². The molecule has 2 saturated heterocycles. The summed E-state index contributed by atoms with van der Waals surface area (Å²) in [6.45, 7) is 5.98. The van der Waals surface area contributed by atoms with Crippen LogP contribution < -0.4 is 5.32 Å². The van der Waals surface area contributed by atoms with E-state index in [1.165, 1.54) is 0 Å². The van der Waals surface area contributed by atoms with E-state index in [4.69, 9.17) is 0 Å². The summed E-state index contributed by atoms with van der Waals surface area (Å²) in [5, 5.41) is 3.32. The van der Waals surface area contributed by atoms with Crippen LogP contribution in [0, 0.1) is 0 Å². The second-order valence-corrected chi connectivity index (χ2v) is 7.79. The number of rotatable bonds is 5. The highest BCUT2D eigenvalue weighted by molar-refractivity contribution is 7.86. The summed E-state index contributed by atoms with van der Waals surface area (Å²) in [7, 11) is -3.27. The number of halogens is 1. The highest BCUT2D eigenvalue weighted by atomic mass is 35.5. The highest BCUT2D eigenvalue weighted by Crippen LogP contribution is 2.22. The van der Waals surface area contributed by atoms with Crippen molar-refractivity contribution in [2.75, 3.05) is 32.7 Å². The van der Waals surface area contributed by atoms with Crippen molar-refractivity contribution in [2.45, 2.75) is 57.9 Å². The zero-order valence-corrected chi connectivity index (χ0v) is 14.7. The third kappa shape index (κ3) is 5.06. The molecule has 0 aromatic carbocycles. The zero-order valence-electron chi connectivity index (χ0n) is 13.1. The minimum absolute atomic E-state index is 0. The Bertz CT molecular complexity index is 378. The van der Waals surface area contributed by atoms with Crippen molar-refractivity contribution >= 4 is 22.6 Å². The Morgan fingerprint density at radius 1 is 1.10 bits per heavy atom. The van der Waals surface area contributed by atoms with Crippen LogP contribution in [0.15, 0.2) is 0 Å². The Kier molecular flexibility index (Phi) is 8.49. The molecule has 0 saturated carbocycles. The van der Waals surface area contributed by atoms with Crippen molar-refractivity contribution in [3.05, 3.63) is 0 Å². The summed E-state index contributed by atoms with van der Waals surface area (Å²) in [6.07, 6.45) is 7.09. The Morgan fingerprint density at radius 3 is 2.19 bits per heavy atom. The number of hydrogen-bond donors (Lipinski definition) is 1. The van der Waals surface area contributed by atoms with Gasteiger partial charge in [0.05, 0.1) is 0 Å². The van der Waals surface area contributed by atoms with Crippen LogP contribution in [0.25, 0.3) is 0 Å². The fraction of sp³-hybridized carbons (Fsp3) is 1.00. The summed E-state index contributed by atoms with van der Waals surface area (Å²) in [5.74, 6) is 0. The van der Waals surface area contributed by atoms with Crippen molar-refractivity contribution in [3.63, 3.8) is 0 Å². The lowest BCUT2D eigenvalue weighted by Crippen LogP contribution is -2.52. The van der Waals surface area contributed by atoms with Crippen LogP contribution in [0.1, 0.15) is 51.9 Å². The highest BCUT2D eigenvalue weighted by Gasteiger charge is 2.34. The van der Waals surface area contributed by atoms with Gasteiger partial charge in [0.15, 0.2) is 0 Å². The van der Waals surface area contributed by atoms with E-state index in [1.54, 1.807) is 8.61 Å². The lowest BCUT2D eigenvalue weighted by atomic mass is 10.1. The van der Waals surface area contributed by atoms with Crippen LogP contribution in [0.5, 0.6) is 0 Å². The van der Waals surface area contributed by atoms with E-state index in [9.17, 15) is 8.42 Å². The van der Waals surface area contributed by atoms with Crippen molar-refractivity contribution in [1.29, 1.82) is 0 Å². The van der Waals surface area contributed by atoms with Gasteiger partial charge in [0.25, 0.3) is 10.2 Å². The topological polar surface area (TPSA) is 52.7 Å². The fourth-order valence-corrected chi connectivity index (χ4v) is 5.24. The van der Waals surface area contributed by atoms with E-state index in [0.717, 1.165) is 58.0 Å². The van der Waals surface area contributed by atoms with Gasteiger partial charge < -0.3 is 5.32 Å². The molecule has 0 radical (unpaired) electrons. The first-order valence-electron chi connectivity index (χ1n) is 8.14. The van der Waals surface area contributed by atoms with Crippen molar-refractivity contribution in [3.8, 4) is 0 Å². The molecule has 2 heterocycles. The van der Waals surface area contributed by atoms with Gasteiger partial charge in [-0.3, -0.25) is 0 Å². The first-order valence-corrected chi connectivity index (χ1v) is 9.53. The Labute approximate surface area is 136 Å². The molecule has 126 valence electrons. The molecule has 5 nitrogen and oxygen atoms in total. The molecule has 7 heteroatoms. The predicted molar refractivity (Wildman–Crippen MR) is 89.1 cm³/mol. The molecule has 1 N–H and O–H groups in total. The van der Waals surface area contributed by atoms with Gasteiger partial charge in [0.2, 0.25) is 0 Å². The van der Waals surface area contributed by atoms with E-state index in [2.05, 4.69) is 12.2 Å². The van der Waals surface area contributed by atoms with Crippen molar-refractivity contribution in [2.24, 2.45) is 0 Å². The maximum atomic E-state index is 13.0. The molecular weight excluding hydrogens is 310 g/mol. The van der Waals surface area contributed by atoms with Gasteiger partial charge in [0.1, 0.15) is 0 Å². The Morgan fingerprint density at radius 2 is 1.67 bits per heavy atom. The monoisotopic (exact) mass is 339 g/mol. The molecule has 0 aromatic rings. The van der Waals surface area contributed by atoms with E-state index in [-0.39, 0.29) is 18.4 Å². The molecule has 0 spiro atoms. The van der Waals surface area contributed by atoms with E-state index in [1.807, 2.05) is 0 Å². The molecule has 2 rings (SSSR count). The summed E-state index contributed by atoms with van der Waals surface area (Å²) < 4.78 is 29.4. The summed E-state index contributed by atoms with van der Waals surface area (Å²) in [5.41, 5.74) is 0. The molecule has 21 heavy (non-hydrogen) atoms. The normalized spacial score (nSPS) is 22.8. The van der Waals surface area contributed by atoms with Crippen LogP contribution in [0.4, 0.5) is 0 Å². The van der Waals surface area contributed by atoms with Crippen LogP contribution in [-0.4, -0.2) is 55.8 Å². The van der Waals surface area contributed by atoms with Gasteiger partial charge in [-0.05, 0) is 45.2 Å². The lowest BCUT2D eigenvalue weighted by molar-refractivity contribution is 0.241. The maximum Gasteiger partial charge on any atom is 0.282 e. The SMILES string of the molecule is CCCN(C1CCNCC1)S(=O)(=O)N1CCCCCC1.Cl. The molecule has 0 atom stereocenters. The Balaban J connectivity index is 0.00000220. The van der Waals surface area contributed by atoms with Gasteiger partial charge in [-0.15, -0.1) is 12.4 Å². The van der Waals surface area contributed by atoms with Gasteiger partial charge in [-0.2, -0.15) is 17.0 Å². The average molecular weight is 340 g/mol. The Hall–Kier alpha value is 0.120. The lowest BCUT2D eigenvalue weighted by Gasteiger charge is -2.36. The first-order chi connectivity index (χ1) is 9.66. The van der Waals surface area contributed by atoms with Gasteiger partial charge in [0, 0.05) is 25.7 Å². The zero-order chi connectivity index (χ0) is 14.4. The number of nitrogens with zero attached hydrogens (tertiary/aromatic N) is 2. The fourth-order valence-electron chi connectivity index (χ4n) is 3.22. The largest absolute Gasteiger partial charge is 0.317 e. The molecule has 0 aromatic heterocycles. The third-order valence-corrected chi connectivity index (χ3v) is 6.44. The number of nitrogens with one attached hydrogen (secondary N) is 1. The van der Waals surface area contributed by atoms with E-state index >= 15 is 0 Å². The van der Waals surface area contributed by atoms with E-state index in [0.29, 0.717) is 19.6 Å². The second kappa shape index (κ2) is 9.30.